The van der Waals surface area contributed by atoms with Crippen molar-refractivity contribution < 1.29 is 28.2 Å². The number of benzene rings is 1. The van der Waals surface area contributed by atoms with E-state index in [0.717, 1.165) is 16.0 Å². The molecule has 2 saturated heterocycles. The summed E-state index contributed by atoms with van der Waals surface area (Å²) in [7, 11) is 0. The first-order valence-corrected chi connectivity index (χ1v) is 11.3. The van der Waals surface area contributed by atoms with E-state index in [4.69, 9.17) is 9.47 Å². The van der Waals surface area contributed by atoms with Gasteiger partial charge in [0.25, 0.3) is 5.92 Å². The number of nitrogens with zero attached hydrogens (tertiary/aromatic N) is 2. The Balaban J connectivity index is 1.31. The van der Waals surface area contributed by atoms with Crippen LogP contribution in [0.1, 0.15) is 26.3 Å². The number of hydrogen-bond donors (Lipinski definition) is 2. The summed E-state index contributed by atoms with van der Waals surface area (Å²) in [6.07, 6.45) is -0.0440. The highest BCUT2D eigenvalue weighted by atomic mass is 32.1. The highest BCUT2D eigenvalue weighted by molar-refractivity contribution is 7.18. The maximum absolute atomic E-state index is 13.1. The standard InChI is InChI=1S/C22H27F2N3O4S/c1-21(2,3)31-20(29)30-16-9-25-15(18(16)28)8-13-4-6-14(7-5-13)17-10-26-19(32-17)27-11-22(23,24)12-27/h4-7,10,15-16,18,25,28H,8-9,11-12H2,1-3H3/t15-,16+,18+/m1/s1. The summed E-state index contributed by atoms with van der Waals surface area (Å²) in [5, 5.41) is 14.3. The Hall–Kier alpha value is -2.30. The lowest BCUT2D eigenvalue weighted by molar-refractivity contribution is -0.0486. The molecule has 0 amide bonds. The van der Waals surface area contributed by atoms with Crippen molar-refractivity contribution in [3.05, 3.63) is 36.0 Å². The second kappa shape index (κ2) is 8.57. The Morgan fingerprint density at radius 2 is 2.00 bits per heavy atom. The van der Waals surface area contributed by atoms with Gasteiger partial charge in [-0.05, 0) is 38.3 Å². The normalized spacial score (nSPS) is 24.8. The minimum absolute atomic E-state index is 0.253. The van der Waals surface area contributed by atoms with Crippen LogP contribution in [0.25, 0.3) is 10.4 Å². The molecule has 2 N–H and O–H groups in total. The highest BCUT2D eigenvalue weighted by Crippen LogP contribution is 2.37. The fourth-order valence-electron chi connectivity index (χ4n) is 3.72. The SMILES string of the molecule is CC(C)(C)OC(=O)O[C@H]1CN[C@H](Cc2ccc(-c3cnc(N4CC(F)(F)C4)s3)cc2)[C@@H]1O. The van der Waals surface area contributed by atoms with Crippen molar-refractivity contribution in [1.82, 2.24) is 10.3 Å². The van der Waals surface area contributed by atoms with Crippen LogP contribution in [0.5, 0.6) is 0 Å². The van der Waals surface area contributed by atoms with Gasteiger partial charge in [0.1, 0.15) is 17.8 Å². The van der Waals surface area contributed by atoms with E-state index in [9.17, 15) is 18.7 Å². The van der Waals surface area contributed by atoms with Gasteiger partial charge in [0.15, 0.2) is 5.13 Å². The molecule has 0 radical (unpaired) electrons. The van der Waals surface area contributed by atoms with Gasteiger partial charge in [-0.3, -0.25) is 0 Å². The minimum atomic E-state index is -2.62. The number of thiazole rings is 1. The van der Waals surface area contributed by atoms with Crippen molar-refractivity contribution in [2.45, 2.75) is 57.0 Å². The molecule has 0 spiro atoms. The summed E-state index contributed by atoms with van der Waals surface area (Å²) >= 11 is 1.39. The van der Waals surface area contributed by atoms with E-state index in [1.165, 1.54) is 11.3 Å². The Labute approximate surface area is 189 Å². The number of rotatable bonds is 5. The average Bonchev–Trinajstić information content (AvgIpc) is 3.28. The van der Waals surface area contributed by atoms with Gasteiger partial charge in [0.05, 0.1) is 18.0 Å². The van der Waals surface area contributed by atoms with Crippen molar-refractivity contribution >= 4 is 22.6 Å². The molecule has 2 aromatic rings. The number of carbonyl (C=O) groups excluding carboxylic acids is 1. The topological polar surface area (TPSA) is 83.9 Å². The van der Waals surface area contributed by atoms with Crippen LogP contribution in [0.2, 0.25) is 0 Å². The molecule has 7 nitrogen and oxygen atoms in total. The number of halogens is 2. The lowest BCUT2D eigenvalue weighted by Gasteiger charge is -2.38. The summed E-state index contributed by atoms with van der Waals surface area (Å²) in [5.41, 5.74) is 1.31. The molecule has 32 heavy (non-hydrogen) atoms. The molecule has 10 heteroatoms. The van der Waals surface area contributed by atoms with Crippen LogP contribution < -0.4 is 10.2 Å². The monoisotopic (exact) mass is 467 g/mol. The van der Waals surface area contributed by atoms with E-state index in [1.807, 2.05) is 24.3 Å². The summed E-state index contributed by atoms with van der Waals surface area (Å²) in [6, 6.07) is 7.57. The second-order valence-corrected chi connectivity index (χ2v) is 10.3. The van der Waals surface area contributed by atoms with E-state index in [1.54, 1.807) is 31.9 Å². The maximum atomic E-state index is 13.1. The van der Waals surface area contributed by atoms with Gasteiger partial charge in [-0.15, -0.1) is 0 Å². The number of carbonyl (C=O) groups is 1. The molecule has 0 unspecified atom stereocenters. The Morgan fingerprint density at radius 1 is 1.31 bits per heavy atom. The first-order chi connectivity index (χ1) is 15.0. The van der Waals surface area contributed by atoms with Crippen molar-refractivity contribution in [3.8, 4) is 10.4 Å². The Bertz CT molecular complexity index is 953. The van der Waals surface area contributed by atoms with E-state index < -0.39 is 29.9 Å². The quantitative estimate of drug-likeness (QED) is 0.652. The number of aromatic nitrogens is 1. The first kappa shape index (κ1) is 22.9. The van der Waals surface area contributed by atoms with Crippen molar-refractivity contribution in [1.29, 1.82) is 0 Å². The molecular weight excluding hydrogens is 440 g/mol. The number of anilines is 1. The number of aliphatic hydroxyl groups excluding tert-OH is 1. The molecule has 3 heterocycles. The predicted molar refractivity (Wildman–Crippen MR) is 117 cm³/mol. The van der Waals surface area contributed by atoms with Gasteiger partial charge in [-0.25, -0.2) is 18.6 Å². The third-order valence-electron chi connectivity index (χ3n) is 5.31. The summed E-state index contributed by atoms with van der Waals surface area (Å²) in [5.74, 6) is -2.62. The largest absolute Gasteiger partial charge is 0.509 e. The average molecular weight is 468 g/mol. The summed E-state index contributed by atoms with van der Waals surface area (Å²) < 4.78 is 36.6. The number of hydrogen-bond acceptors (Lipinski definition) is 8. The third kappa shape index (κ3) is 5.36. The molecule has 3 atom stereocenters. The molecule has 2 aliphatic rings. The molecule has 0 saturated carbocycles. The van der Waals surface area contributed by atoms with Gasteiger partial charge in [-0.2, -0.15) is 0 Å². The van der Waals surface area contributed by atoms with E-state index in [0.29, 0.717) is 18.1 Å². The number of aliphatic hydroxyl groups is 1. The smallest absolute Gasteiger partial charge is 0.429 e. The molecule has 0 aliphatic carbocycles. The third-order valence-corrected chi connectivity index (χ3v) is 6.42. The molecule has 1 aromatic carbocycles. The molecule has 1 aromatic heterocycles. The van der Waals surface area contributed by atoms with E-state index >= 15 is 0 Å². The summed E-state index contributed by atoms with van der Waals surface area (Å²) in [4.78, 5) is 18.6. The Morgan fingerprint density at radius 3 is 2.62 bits per heavy atom. The van der Waals surface area contributed by atoms with Gasteiger partial charge >= 0.3 is 6.16 Å². The maximum Gasteiger partial charge on any atom is 0.509 e. The van der Waals surface area contributed by atoms with Crippen molar-refractivity contribution in [2.24, 2.45) is 0 Å². The van der Waals surface area contributed by atoms with Gasteiger partial charge < -0.3 is 24.8 Å². The number of ether oxygens (including phenoxy) is 2. The molecule has 2 fully saturated rings. The van der Waals surface area contributed by atoms with Crippen LogP contribution in [0.15, 0.2) is 30.5 Å². The zero-order valence-corrected chi connectivity index (χ0v) is 19.0. The number of alkyl halides is 2. The lowest BCUT2D eigenvalue weighted by atomic mass is 10.0. The van der Waals surface area contributed by atoms with E-state index in [2.05, 4.69) is 10.3 Å². The van der Waals surface area contributed by atoms with Crippen LogP contribution in [0.4, 0.5) is 18.7 Å². The molecule has 174 valence electrons. The van der Waals surface area contributed by atoms with Gasteiger partial charge in [-0.1, -0.05) is 35.6 Å². The first-order valence-electron chi connectivity index (χ1n) is 10.5. The number of nitrogens with one attached hydrogen (secondary N) is 1. The zero-order chi connectivity index (χ0) is 23.1. The molecule has 2 aliphatic heterocycles. The van der Waals surface area contributed by atoms with Crippen LogP contribution in [-0.4, -0.2) is 65.7 Å². The molecular formula is C22H27F2N3O4S. The van der Waals surface area contributed by atoms with Gasteiger partial charge in [0.2, 0.25) is 0 Å². The van der Waals surface area contributed by atoms with Crippen LogP contribution >= 0.6 is 11.3 Å². The minimum Gasteiger partial charge on any atom is -0.429 e. The van der Waals surface area contributed by atoms with Crippen LogP contribution in [-0.2, 0) is 15.9 Å². The van der Waals surface area contributed by atoms with Gasteiger partial charge in [0, 0.05) is 18.8 Å². The predicted octanol–water partition coefficient (Wildman–Crippen LogP) is 3.46. The zero-order valence-electron chi connectivity index (χ0n) is 18.2. The van der Waals surface area contributed by atoms with Crippen LogP contribution in [0.3, 0.4) is 0 Å². The Kier molecular flexibility index (Phi) is 6.12. The van der Waals surface area contributed by atoms with Crippen molar-refractivity contribution in [3.63, 3.8) is 0 Å². The molecule has 0 bridgehead atoms. The fraction of sp³-hybridized carbons (Fsp3) is 0.545. The second-order valence-electron chi connectivity index (χ2n) is 9.25. The van der Waals surface area contributed by atoms with E-state index in [-0.39, 0.29) is 19.1 Å². The van der Waals surface area contributed by atoms with Crippen molar-refractivity contribution in [2.75, 3.05) is 24.5 Å². The van der Waals surface area contributed by atoms with Crippen LogP contribution in [0, 0.1) is 0 Å². The fourth-order valence-corrected chi connectivity index (χ4v) is 4.64. The summed E-state index contributed by atoms with van der Waals surface area (Å²) in [6.45, 7) is 5.03. The molecule has 4 rings (SSSR count). The highest BCUT2D eigenvalue weighted by Gasteiger charge is 2.45. The lowest BCUT2D eigenvalue weighted by Crippen LogP contribution is -2.56.